The largest absolute Gasteiger partial charge is 0.379 e. The number of hydrogen-bond acceptors (Lipinski definition) is 6. The maximum Gasteiger partial charge on any atom is 0.239 e. The molecular formula is C12H23N3O6. The van der Waals surface area contributed by atoms with Crippen LogP contribution in [0.5, 0.6) is 0 Å². The van der Waals surface area contributed by atoms with Gasteiger partial charge in [-0.15, -0.1) is 0 Å². The van der Waals surface area contributed by atoms with Crippen molar-refractivity contribution in [2.75, 3.05) is 52.7 Å². The Balaban J connectivity index is 3.10. The normalized spacial score (nSPS) is 10.1. The van der Waals surface area contributed by atoms with Gasteiger partial charge in [-0.25, -0.2) is 0 Å². The van der Waals surface area contributed by atoms with Crippen LogP contribution in [0.2, 0.25) is 0 Å². The molecule has 9 nitrogen and oxygen atoms in total. The predicted molar refractivity (Wildman–Crippen MR) is 73.3 cm³/mol. The number of primary amides is 1. The summed E-state index contributed by atoms with van der Waals surface area (Å²) in [6.45, 7) is 2.63. The van der Waals surface area contributed by atoms with Crippen LogP contribution in [0.4, 0.5) is 0 Å². The van der Waals surface area contributed by atoms with E-state index in [0.717, 1.165) is 0 Å². The fourth-order valence-corrected chi connectivity index (χ4v) is 1.17. The minimum absolute atomic E-state index is 0.0393. The third-order valence-corrected chi connectivity index (χ3v) is 2.15. The fourth-order valence-electron chi connectivity index (χ4n) is 1.17. The summed E-state index contributed by atoms with van der Waals surface area (Å²) in [4.78, 5) is 31.4. The van der Waals surface area contributed by atoms with Crippen LogP contribution in [0.1, 0.15) is 6.42 Å². The molecule has 122 valence electrons. The maximum atomic E-state index is 11.0. The SMILES string of the molecule is NC(=O)CCOCCOCCOCCNC(=O)CNC=O. The molecule has 0 spiro atoms. The molecule has 4 N–H and O–H groups in total. The number of ether oxygens (including phenoxy) is 3. The van der Waals surface area contributed by atoms with Crippen LogP contribution in [0.25, 0.3) is 0 Å². The van der Waals surface area contributed by atoms with E-state index in [1.165, 1.54) is 0 Å². The minimum Gasteiger partial charge on any atom is -0.379 e. The molecule has 0 aliphatic rings. The number of hydrogen-bond donors (Lipinski definition) is 3. The summed E-state index contributed by atoms with van der Waals surface area (Å²) in [6.07, 6.45) is 0.669. The summed E-state index contributed by atoms with van der Waals surface area (Å²) in [5.74, 6) is -0.659. The van der Waals surface area contributed by atoms with E-state index in [0.29, 0.717) is 52.6 Å². The highest BCUT2D eigenvalue weighted by Crippen LogP contribution is 1.83. The molecule has 0 rings (SSSR count). The van der Waals surface area contributed by atoms with E-state index in [1.54, 1.807) is 0 Å². The lowest BCUT2D eigenvalue weighted by molar-refractivity contribution is -0.122. The first-order chi connectivity index (χ1) is 10.2. The fraction of sp³-hybridized carbons (Fsp3) is 0.750. The second-order valence-corrected chi connectivity index (χ2v) is 3.90. The Hall–Kier alpha value is -1.71. The van der Waals surface area contributed by atoms with Crippen LogP contribution in [0, 0.1) is 0 Å². The van der Waals surface area contributed by atoms with Crippen molar-refractivity contribution in [2.24, 2.45) is 5.73 Å². The van der Waals surface area contributed by atoms with E-state index >= 15 is 0 Å². The van der Waals surface area contributed by atoms with Gasteiger partial charge in [-0.05, 0) is 0 Å². The predicted octanol–water partition coefficient (Wildman–Crippen LogP) is -2.23. The summed E-state index contributed by atoms with van der Waals surface area (Å²) < 4.78 is 15.5. The Morgan fingerprint density at radius 2 is 1.52 bits per heavy atom. The lowest BCUT2D eigenvalue weighted by Gasteiger charge is -2.07. The number of carbonyl (C=O) groups excluding carboxylic acids is 3. The molecule has 3 amide bonds. The van der Waals surface area contributed by atoms with Crippen molar-refractivity contribution in [1.29, 1.82) is 0 Å². The standard InChI is InChI=1S/C12H23N3O6/c13-11(17)1-3-19-5-7-21-8-6-20-4-2-15-12(18)9-14-10-16/h10H,1-9H2,(H2,13,17)(H,14,16)(H,15,18). The van der Waals surface area contributed by atoms with Crippen LogP contribution >= 0.6 is 0 Å². The van der Waals surface area contributed by atoms with Crippen LogP contribution < -0.4 is 16.4 Å². The van der Waals surface area contributed by atoms with E-state index in [1.807, 2.05) is 0 Å². The summed E-state index contributed by atoms with van der Waals surface area (Å²) in [5.41, 5.74) is 4.94. The molecule has 0 bridgehead atoms. The zero-order chi connectivity index (χ0) is 15.8. The first-order valence-electron chi connectivity index (χ1n) is 6.62. The summed E-state index contributed by atoms with van der Waals surface area (Å²) in [6, 6.07) is 0. The van der Waals surface area contributed by atoms with E-state index in [9.17, 15) is 14.4 Å². The van der Waals surface area contributed by atoms with Gasteiger partial charge in [-0.1, -0.05) is 0 Å². The molecule has 9 heteroatoms. The third kappa shape index (κ3) is 16.2. The molecule has 0 saturated heterocycles. The minimum atomic E-state index is -0.390. The van der Waals surface area contributed by atoms with Gasteiger partial charge in [0, 0.05) is 13.0 Å². The number of rotatable bonds is 15. The highest BCUT2D eigenvalue weighted by molar-refractivity contribution is 5.79. The van der Waals surface area contributed by atoms with Gasteiger partial charge in [0.15, 0.2) is 0 Å². The van der Waals surface area contributed by atoms with E-state index in [2.05, 4.69) is 10.6 Å². The zero-order valence-corrected chi connectivity index (χ0v) is 12.0. The topological polar surface area (TPSA) is 129 Å². The van der Waals surface area contributed by atoms with E-state index in [4.69, 9.17) is 19.9 Å². The zero-order valence-electron chi connectivity index (χ0n) is 12.0. The Labute approximate surface area is 123 Å². The number of carbonyl (C=O) groups is 3. The number of nitrogens with two attached hydrogens (primary N) is 1. The second kappa shape index (κ2) is 14.7. The van der Waals surface area contributed by atoms with Gasteiger partial charge in [0.25, 0.3) is 0 Å². The highest BCUT2D eigenvalue weighted by atomic mass is 16.5. The molecule has 0 aromatic carbocycles. The molecule has 0 saturated carbocycles. The molecule has 21 heavy (non-hydrogen) atoms. The molecule has 0 aromatic heterocycles. The molecule has 0 aliphatic carbocycles. The number of amides is 3. The molecule has 0 radical (unpaired) electrons. The Kier molecular flexibility index (Phi) is 13.5. The quantitative estimate of drug-likeness (QED) is 0.232. The van der Waals surface area contributed by atoms with Crippen molar-refractivity contribution < 1.29 is 28.6 Å². The Bertz CT molecular complexity index is 301. The lowest BCUT2D eigenvalue weighted by Crippen LogP contribution is -2.35. The average Bonchev–Trinajstić information content (AvgIpc) is 2.45. The Morgan fingerprint density at radius 1 is 0.952 bits per heavy atom. The molecule has 0 aliphatic heterocycles. The first kappa shape index (κ1) is 19.3. The number of nitrogens with one attached hydrogen (secondary N) is 2. The Morgan fingerprint density at radius 3 is 2.10 bits per heavy atom. The van der Waals surface area contributed by atoms with Crippen molar-refractivity contribution in [3.05, 3.63) is 0 Å². The summed E-state index contributed by atoms with van der Waals surface area (Å²) in [5, 5.41) is 4.82. The second-order valence-electron chi connectivity index (χ2n) is 3.90. The van der Waals surface area contributed by atoms with Crippen molar-refractivity contribution in [2.45, 2.75) is 6.42 Å². The van der Waals surface area contributed by atoms with Crippen molar-refractivity contribution >= 4 is 18.2 Å². The van der Waals surface area contributed by atoms with E-state index < -0.39 is 5.91 Å². The van der Waals surface area contributed by atoms with E-state index in [-0.39, 0.29) is 18.9 Å². The first-order valence-corrected chi connectivity index (χ1v) is 6.62. The van der Waals surface area contributed by atoms with Crippen molar-refractivity contribution in [3.63, 3.8) is 0 Å². The van der Waals surface area contributed by atoms with Crippen molar-refractivity contribution in [3.8, 4) is 0 Å². The van der Waals surface area contributed by atoms with Crippen LogP contribution in [-0.2, 0) is 28.6 Å². The van der Waals surface area contributed by atoms with Crippen molar-refractivity contribution in [1.82, 2.24) is 10.6 Å². The van der Waals surface area contributed by atoms with Gasteiger partial charge in [-0.3, -0.25) is 14.4 Å². The smallest absolute Gasteiger partial charge is 0.239 e. The summed E-state index contributed by atoms with van der Waals surface area (Å²) >= 11 is 0. The molecule has 0 atom stereocenters. The third-order valence-electron chi connectivity index (χ3n) is 2.15. The lowest BCUT2D eigenvalue weighted by atomic mass is 10.4. The monoisotopic (exact) mass is 305 g/mol. The molecule has 0 unspecified atom stereocenters. The van der Waals surface area contributed by atoms with Gasteiger partial charge in [-0.2, -0.15) is 0 Å². The van der Waals surface area contributed by atoms with Gasteiger partial charge in [0.2, 0.25) is 18.2 Å². The highest BCUT2D eigenvalue weighted by Gasteiger charge is 1.98. The van der Waals surface area contributed by atoms with Gasteiger partial charge in [0.1, 0.15) is 0 Å². The molecular weight excluding hydrogens is 282 g/mol. The maximum absolute atomic E-state index is 11.0. The molecule has 0 aromatic rings. The van der Waals surface area contributed by atoms with Crippen LogP contribution in [0.15, 0.2) is 0 Å². The van der Waals surface area contributed by atoms with Gasteiger partial charge in [0.05, 0.1) is 46.2 Å². The van der Waals surface area contributed by atoms with Gasteiger partial charge < -0.3 is 30.6 Å². The molecule has 0 fully saturated rings. The average molecular weight is 305 g/mol. The molecule has 0 heterocycles. The van der Waals surface area contributed by atoms with Crippen LogP contribution in [-0.4, -0.2) is 71.0 Å². The van der Waals surface area contributed by atoms with Gasteiger partial charge >= 0.3 is 0 Å². The van der Waals surface area contributed by atoms with Crippen LogP contribution in [0.3, 0.4) is 0 Å². The summed E-state index contributed by atoms with van der Waals surface area (Å²) in [7, 11) is 0.